The van der Waals surface area contributed by atoms with Gasteiger partial charge in [0.05, 0.1) is 6.10 Å². The van der Waals surface area contributed by atoms with Gasteiger partial charge in [-0.3, -0.25) is 0 Å². The summed E-state index contributed by atoms with van der Waals surface area (Å²) in [4.78, 5) is 0. The van der Waals surface area contributed by atoms with E-state index in [1.54, 1.807) is 7.11 Å². The fraction of sp³-hybridized carbons (Fsp3) is 1.00. The molecule has 0 aliphatic heterocycles. The van der Waals surface area contributed by atoms with Crippen LogP contribution < -0.4 is 0 Å². The average molecular weight is 210 g/mol. The molecule has 0 heterocycles. The lowest BCUT2D eigenvalue weighted by atomic mass is 9.97. The number of fused-ring (bicyclic) bond motifs is 5. The van der Waals surface area contributed by atoms with Crippen LogP contribution in [0.15, 0.2) is 0 Å². The van der Waals surface area contributed by atoms with E-state index in [4.69, 9.17) is 4.74 Å². The number of rotatable bonds is 5. The van der Waals surface area contributed by atoms with Crippen molar-refractivity contribution in [3.8, 4) is 0 Å². The molecule has 0 aromatic carbocycles. The second-order valence-corrected chi connectivity index (χ2v) is 5.77. The van der Waals surface area contributed by atoms with Gasteiger partial charge in [0.2, 0.25) is 0 Å². The summed E-state index contributed by atoms with van der Waals surface area (Å²) in [5, 5.41) is 10.1. The minimum absolute atomic E-state index is 0.0291. The minimum Gasteiger partial charge on any atom is -0.393 e. The van der Waals surface area contributed by atoms with Gasteiger partial charge >= 0.3 is 0 Å². The van der Waals surface area contributed by atoms with Crippen LogP contribution in [0, 0.1) is 29.6 Å². The first-order valence-electron chi connectivity index (χ1n) is 6.50. The van der Waals surface area contributed by atoms with E-state index in [-0.39, 0.29) is 6.10 Å². The Kier molecular flexibility index (Phi) is 2.52. The van der Waals surface area contributed by atoms with Crippen LogP contribution >= 0.6 is 0 Å². The van der Waals surface area contributed by atoms with E-state index in [9.17, 15) is 5.11 Å². The normalized spacial score (nSPS) is 48.0. The number of methoxy groups -OCH3 is 1. The first kappa shape index (κ1) is 10.1. The summed E-state index contributed by atoms with van der Waals surface area (Å²) in [5.41, 5.74) is 0. The lowest BCUT2D eigenvalue weighted by molar-refractivity contribution is 0.102. The zero-order valence-electron chi connectivity index (χ0n) is 9.56. The smallest absolute Gasteiger partial charge is 0.0575 e. The monoisotopic (exact) mass is 210 g/mol. The predicted octanol–water partition coefficient (Wildman–Crippen LogP) is 2.07. The summed E-state index contributed by atoms with van der Waals surface area (Å²) in [7, 11) is 1.73. The van der Waals surface area contributed by atoms with Crippen molar-refractivity contribution in [3.05, 3.63) is 0 Å². The minimum atomic E-state index is -0.0291. The second-order valence-electron chi connectivity index (χ2n) is 5.77. The van der Waals surface area contributed by atoms with Crippen LogP contribution in [0.25, 0.3) is 0 Å². The Bertz CT molecular complexity index is 225. The molecule has 3 fully saturated rings. The van der Waals surface area contributed by atoms with Crippen LogP contribution in [0.2, 0.25) is 0 Å². The Morgan fingerprint density at radius 2 is 1.93 bits per heavy atom. The molecule has 15 heavy (non-hydrogen) atoms. The average Bonchev–Trinajstić information content (AvgIpc) is 2.68. The lowest BCUT2D eigenvalue weighted by Crippen LogP contribution is -2.16. The summed E-state index contributed by atoms with van der Waals surface area (Å²) in [5.74, 6) is 4.49. The van der Waals surface area contributed by atoms with Gasteiger partial charge in [-0.2, -0.15) is 0 Å². The molecule has 0 saturated heterocycles. The van der Waals surface area contributed by atoms with Crippen LogP contribution in [-0.2, 0) is 4.74 Å². The summed E-state index contributed by atoms with van der Waals surface area (Å²) >= 11 is 0. The van der Waals surface area contributed by atoms with Crippen molar-refractivity contribution in [2.24, 2.45) is 29.6 Å². The number of aliphatic hydroxyl groups excluding tert-OH is 1. The lowest BCUT2D eigenvalue weighted by Gasteiger charge is -2.14. The van der Waals surface area contributed by atoms with Crippen molar-refractivity contribution in [1.29, 1.82) is 0 Å². The topological polar surface area (TPSA) is 29.5 Å². The van der Waals surface area contributed by atoms with Crippen LogP contribution in [0.3, 0.4) is 0 Å². The maximum absolute atomic E-state index is 10.1. The molecule has 0 aromatic rings. The Morgan fingerprint density at radius 1 is 1.27 bits per heavy atom. The van der Waals surface area contributed by atoms with Crippen LogP contribution in [0.1, 0.15) is 32.1 Å². The van der Waals surface area contributed by atoms with Gasteiger partial charge in [0.15, 0.2) is 0 Å². The van der Waals surface area contributed by atoms with Gasteiger partial charge in [-0.05, 0) is 61.7 Å². The summed E-state index contributed by atoms with van der Waals surface area (Å²) in [6, 6.07) is 0. The Hall–Kier alpha value is -0.0800. The summed E-state index contributed by atoms with van der Waals surface area (Å²) in [6.07, 6.45) is 6.32. The molecule has 0 spiro atoms. The summed E-state index contributed by atoms with van der Waals surface area (Å²) in [6.45, 7) is 0.798. The van der Waals surface area contributed by atoms with Gasteiger partial charge in [0.25, 0.3) is 0 Å². The molecule has 3 rings (SSSR count). The van der Waals surface area contributed by atoms with Crippen molar-refractivity contribution in [3.63, 3.8) is 0 Å². The fourth-order valence-electron chi connectivity index (χ4n) is 4.54. The third kappa shape index (κ3) is 1.53. The third-order valence-corrected chi connectivity index (χ3v) is 5.09. The molecule has 0 amide bonds. The standard InChI is InChI=1S/C13H22O2/c1-15-6-2-3-10(14)13-11-8-4-5-9(7-8)12(11)13/h8-14H,2-7H2,1H3. The molecule has 86 valence electrons. The van der Waals surface area contributed by atoms with E-state index in [1.807, 2.05) is 0 Å². The Labute approximate surface area is 92.0 Å². The highest BCUT2D eigenvalue weighted by Crippen LogP contribution is 2.70. The van der Waals surface area contributed by atoms with Gasteiger partial charge in [-0.15, -0.1) is 0 Å². The van der Waals surface area contributed by atoms with Crippen molar-refractivity contribution < 1.29 is 9.84 Å². The maximum Gasteiger partial charge on any atom is 0.0575 e. The number of aliphatic hydroxyl groups is 1. The van der Waals surface area contributed by atoms with E-state index in [0.717, 1.165) is 43.1 Å². The maximum atomic E-state index is 10.1. The molecule has 3 aliphatic carbocycles. The molecule has 1 N–H and O–H groups in total. The highest BCUT2D eigenvalue weighted by Gasteiger charge is 2.66. The van der Waals surface area contributed by atoms with Gasteiger partial charge in [0, 0.05) is 13.7 Å². The van der Waals surface area contributed by atoms with E-state index < -0.39 is 0 Å². The summed E-state index contributed by atoms with van der Waals surface area (Å²) < 4.78 is 5.03. The number of hydrogen-bond acceptors (Lipinski definition) is 2. The van der Waals surface area contributed by atoms with E-state index in [2.05, 4.69) is 0 Å². The number of ether oxygens (including phenoxy) is 1. The second kappa shape index (κ2) is 3.74. The van der Waals surface area contributed by atoms with Crippen molar-refractivity contribution in [2.45, 2.75) is 38.2 Å². The quantitative estimate of drug-likeness (QED) is 0.704. The predicted molar refractivity (Wildman–Crippen MR) is 58.4 cm³/mol. The van der Waals surface area contributed by atoms with E-state index >= 15 is 0 Å². The molecule has 5 unspecified atom stereocenters. The first-order chi connectivity index (χ1) is 7.33. The molecule has 2 bridgehead atoms. The van der Waals surface area contributed by atoms with Crippen LogP contribution in [-0.4, -0.2) is 24.9 Å². The van der Waals surface area contributed by atoms with Gasteiger partial charge < -0.3 is 9.84 Å². The van der Waals surface area contributed by atoms with Gasteiger partial charge in [-0.1, -0.05) is 0 Å². The molecule has 0 radical (unpaired) electrons. The van der Waals surface area contributed by atoms with E-state index in [1.165, 1.54) is 19.3 Å². The molecule has 3 aliphatic rings. The highest BCUT2D eigenvalue weighted by molar-refractivity contribution is 5.14. The molecule has 5 atom stereocenters. The zero-order chi connectivity index (χ0) is 10.4. The van der Waals surface area contributed by atoms with Crippen LogP contribution in [0.5, 0.6) is 0 Å². The molecule has 3 saturated carbocycles. The van der Waals surface area contributed by atoms with Crippen LogP contribution in [0.4, 0.5) is 0 Å². The Balaban J connectivity index is 1.49. The highest BCUT2D eigenvalue weighted by atomic mass is 16.5. The fourth-order valence-corrected chi connectivity index (χ4v) is 4.54. The Morgan fingerprint density at radius 3 is 2.53 bits per heavy atom. The van der Waals surface area contributed by atoms with E-state index in [0.29, 0.717) is 5.92 Å². The van der Waals surface area contributed by atoms with Crippen molar-refractivity contribution >= 4 is 0 Å². The molecule has 0 aromatic heterocycles. The first-order valence-corrected chi connectivity index (χ1v) is 6.50. The largest absolute Gasteiger partial charge is 0.393 e. The third-order valence-electron chi connectivity index (χ3n) is 5.09. The van der Waals surface area contributed by atoms with Gasteiger partial charge in [0.1, 0.15) is 0 Å². The van der Waals surface area contributed by atoms with Crippen molar-refractivity contribution in [1.82, 2.24) is 0 Å². The molecular formula is C13H22O2. The molecular weight excluding hydrogens is 188 g/mol. The molecule has 2 nitrogen and oxygen atoms in total. The SMILES string of the molecule is COCCCC(O)C1C2C3CCC(C3)C12. The molecule has 2 heteroatoms. The van der Waals surface area contributed by atoms with Crippen molar-refractivity contribution in [2.75, 3.05) is 13.7 Å². The van der Waals surface area contributed by atoms with Gasteiger partial charge in [-0.25, -0.2) is 0 Å². The zero-order valence-corrected chi connectivity index (χ0v) is 9.56. The number of hydrogen-bond donors (Lipinski definition) is 1.